The van der Waals surface area contributed by atoms with Crippen LogP contribution < -0.4 is 4.72 Å². The molecule has 2 N–H and O–H groups in total. The van der Waals surface area contributed by atoms with Crippen LogP contribution in [0.3, 0.4) is 0 Å². The molecular weight excluding hydrogens is 305 g/mol. The SMILES string of the molecule is Cc1ccc(NS(=O)(=O)c2ccc(F)c(Cl)c2)cc1O. The van der Waals surface area contributed by atoms with Crippen LogP contribution in [0.2, 0.25) is 5.02 Å². The molecule has 0 amide bonds. The highest BCUT2D eigenvalue weighted by Gasteiger charge is 2.16. The zero-order valence-corrected chi connectivity index (χ0v) is 12.0. The predicted molar refractivity (Wildman–Crippen MR) is 75.1 cm³/mol. The topological polar surface area (TPSA) is 66.4 Å². The van der Waals surface area contributed by atoms with Gasteiger partial charge in [-0.2, -0.15) is 0 Å². The van der Waals surface area contributed by atoms with E-state index in [2.05, 4.69) is 4.72 Å². The molecule has 0 saturated heterocycles. The molecule has 0 aliphatic heterocycles. The van der Waals surface area contributed by atoms with Gasteiger partial charge in [0.1, 0.15) is 11.6 Å². The zero-order chi connectivity index (χ0) is 14.9. The summed E-state index contributed by atoms with van der Waals surface area (Å²) in [6.45, 7) is 1.69. The van der Waals surface area contributed by atoms with E-state index in [1.807, 2.05) is 0 Å². The summed E-state index contributed by atoms with van der Waals surface area (Å²) < 4.78 is 39.5. The summed E-state index contributed by atoms with van der Waals surface area (Å²) >= 11 is 5.56. The van der Waals surface area contributed by atoms with Crippen molar-refractivity contribution in [2.45, 2.75) is 11.8 Å². The van der Waals surface area contributed by atoms with Gasteiger partial charge in [0.2, 0.25) is 0 Å². The van der Waals surface area contributed by atoms with Crippen LogP contribution in [0, 0.1) is 12.7 Å². The number of phenolic OH excluding ortho intramolecular Hbond substituents is 1. The maximum absolute atomic E-state index is 13.0. The summed E-state index contributed by atoms with van der Waals surface area (Å²) in [6.07, 6.45) is 0. The number of rotatable bonds is 3. The molecule has 0 fully saturated rings. The molecular formula is C13H11ClFNO3S. The Hall–Kier alpha value is -1.79. The molecule has 2 rings (SSSR count). The molecule has 0 bridgehead atoms. The Kier molecular flexibility index (Phi) is 3.87. The van der Waals surface area contributed by atoms with Crippen molar-refractivity contribution in [3.63, 3.8) is 0 Å². The third-order valence-electron chi connectivity index (χ3n) is 2.66. The van der Waals surface area contributed by atoms with Crippen molar-refractivity contribution < 1.29 is 17.9 Å². The van der Waals surface area contributed by atoms with Gasteiger partial charge in [-0.05, 0) is 36.8 Å². The van der Waals surface area contributed by atoms with Crippen molar-refractivity contribution in [1.82, 2.24) is 0 Å². The number of hydrogen-bond donors (Lipinski definition) is 2. The highest BCUT2D eigenvalue weighted by molar-refractivity contribution is 7.92. The minimum Gasteiger partial charge on any atom is -0.508 e. The van der Waals surface area contributed by atoms with E-state index in [1.54, 1.807) is 13.0 Å². The van der Waals surface area contributed by atoms with Crippen LogP contribution in [-0.4, -0.2) is 13.5 Å². The third-order valence-corrected chi connectivity index (χ3v) is 4.33. The van der Waals surface area contributed by atoms with Crippen molar-refractivity contribution in [3.8, 4) is 5.75 Å². The smallest absolute Gasteiger partial charge is 0.261 e. The second-order valence-corrected chi connectivity index (χ2v) is 6.27. The number of aromatic hydroxyl groups is 1. The maximum atomic E-state index is 13.0. The van der Waals surface area contributed by atoms with Crippen LogP contribution in [0.15, 0.2) is 41.3 Å². The zero-order valence-electron chi connectivity index (χ0n) is 10.4. The van der Waals surface area contributed by atoms with E-state index >= 15 is 0 Å². The molecule has 0 radical (unpaired) electrons. The highest BCUT2D eigenvalue weighted by atomic mass is 35.5. The molecule has 106 valence electrons. The van der Waals surface area contributed by atoms with Gasteiger partial charge >= 0.3 is 0 Å². The first kappa shape index (κ1) is 14.6. The van der Waals surface area contributed by atoms with E-state index in [9.17, 15) is 17.9 Å². The Morgan fingerprint density at radius 3 is 2.50 bits per heavy atom. The second-order valence-electron chi connectivity index (χ2n) is 4.18. The summed E-state index contributed by atoms with van der Waals surface area (Å²) in [5, 5.41) is 9.26. The van der Waals surface area contributed by atoms with E-state index in [4.69, 9.17) is 11.6 Å². The number of anilines is 1. The minimum atomic E-state index is -3.89. The van der Waals surface area contributed by atoms with Crippen molar-refractivity contribution in [3.05, 3.63) is 52.8 Å². The molecule has 0 heterocycles. The number of nitrogens with one attached hydrogen (secondary N) is 1. The number of aryl methyl sites for hydroxylation is 1. The van der Waals surface area contributed by atoms with Crippen LogP contribution in [0.1, 0.15) is 5.56 Å². The van der Waals surface area contributed by atoms with Crippen LogP contribution in [0.4, 0.5) is 10.1 Å². The first-order valence-corrected chi connectivity index (χ1v) is 7.43. The fourth-order valence-electron chi connectivity index (χ4n) is 1.53. The lowest BCUT2D eigenvalue weighted by Gasteiger charge is -2.09. The summed E-state index contributed by atoms with van der Waals surface area (Å²) in [4.78, 5) is -0.163. The first-order valence-electron chi connectivity index (χ1n) is 5.57. The summed E-state index contributed by atoms with van der Waals surface area (Å²) in [6, 6.07) is 7.48. The molecule has 0 aromatic heterocycles. The largest absolute Gasteiger partial charge is 0.508 e. The van der Waals surface area contributed by atoms with Gasteiger partial charge in [-0.1, -0.05) is 17.7 Å². The molecule has 0 aliphatic carbocycles. The van der Waals surface area contributed by atoms with Gasteiger partial charge in [-0.25, -0.2) is 12.8 Å². The van der Waals surface area contributed by atoms with Crippen LogP contribution in [0.5, 0.6) is 5.75 Å². The molecule has 0 aliphatic rings. The average molecular weight is 316 g/mol. The van der Waals surface area contributed by atoms with Crippen LogP contribution >= 0.6 is 11.6 Å². The molecule has 7 heteroatoms. The van der Waals surface area contributed by atoms with Gasteiger partial charge in [0.15, 0.2) is 0 Å². The summed E-state index contributed by atoms with van der Waals surface area (Å²) in [5.74, 6) is -0.721. The monoisotopic (exact) mass is 315 g/mol. The second kappa shape index (κ2) is 5.30. The Morgan fingerprint density at radius 2 is 1.90 bits per heavy atom. The molecule has 20 heavy (non-hydrogen) atoms. The van der Waals surface area contributed by atoms with E-state index in [0.717, 1.165) is 18.2 Å². The average Bonchev–Trinajstić information content (AvgIpc) is 2.37. The van der Waals surface area contributed by atoms with Crippen molar-refractivity contribution in [2.24, 2.45) is 0 Å². The fourth-order valence-corrected chi connectivity index (χ4v) is 2.85. The number of phenols is 1. The fraction of sp³-hybridized carbons (Fsp3) is 0.0769. The van der Waals surface area contributed by atoms with E-state index in [-0.39, 0.29) is 21.4 Å². The van der Waals surface area contributed by atoms with Gasteiger partial charge in [0, 0.05) is 6.07 Å². The Balaban J connectivity index is 2.35. The van der Waals surface area contributed by atoms with Gasteiger partial charge in [0.25, 0.3) is 10.0 Å². The van der Waals surface area contributed by atoms with Crippen molar-refractivity contribution in [2.75, 3.05) is 4.72 Å². The molecule has 0 atom stereocenters. The first-order chi connectivity index (χ1) is 9.29. The summed E-state index contributed by atoms with van der Waals surface area (Å²) in [7, 11) is -3.89. The van der Waals surface area contributed by atoms with Crippen molar-refractivity contribution >= 4 is 27.3 Å². The number of halogens is 2. The normalized spacial score (nSPS) is 11.3. The van der Waals surface area contributed by atoms with Gasteiger partial charge in [-0.3, -0.25) is 4.72 Å². The highest BCUT2D eigenvalue weighted by Crippen LogP contribution is 2.25. The minimum absolute atomic E-state index is 0.0256. The van der Waals surface area contributed by atoms with E-state index in [1.165, 1.54) is 12.1 Å². The number of hydrogen-bond acceptors (Lipinski definition) is 3. The molecule has 0 unspecified atom stereocenters. The lowest BCUT2D eigenvalue weighted by atomic mass is 10.2. The molecule has 4 nitrogen and oxygen atoms in total. The number of benzene rings is 2. The van der Waals surface area contributed by atoms with E-state index < -0.39 is 15.8 Å². The maximum Gasteiger partial charge on any atom is 0.261 e. The molecule has 0 spiro atoms. The van der Waals surface area contributed by atoms with Gasteiger partial charge in [-0.15, -0.1) is 0 Å². The molecule has 0 saturated carbocycles. The Morgan fingerprint density at radius 1 is 1.20 bits per heavy atom. The Bertz CT molecular complexity index is 762. The van der Waals surface area contributed by atoms with Gasteiger partial charge < -0.3 is 5.11 Å². The molecule has 2 aromatic carbocycles. The lowest BCUT2D eigenvalue weighted by Crippen LogP contribution is -2.13. The quantitative estimate of drug-likeness (QED) is 0.913. The molecule has 2 aromatic rings. The van der Waals surface area contributed by atoms with Gasteiger partial charge in [0.05, 0.1) is 15.6 Å². The standard InChI is InChI=1S/C13H11ClFNO3S/c1-8-2-3-9(6-13(8)17)16-20(18,19)10-4-5-12(15)11(14)7-10/h2-7,16-17H,1H3. The Labute approximate surface area is 120 Å². The number of sulfonamides is 1. The van der Waals surface area contributed by atoms with Crippen LogP contribution in [-0.2, 0) is 10.0 Å². The predicted octanol–water partition coefficient (Wildman–Crippen LogP) is 3.29. The van der Waals surface area contributed by atoms with Crippen LogP contribution in [0.25, 0.3) is 0 Å². The lowest BCUT2D eigenvalue weighted by molar-refractivity contribution is 0.471. The third kappa shape index (κ3) is 3.02. The van der Waals surface area contributed by atoms with E-state index in [0.29, 0.717) is 5.56 Å². The van der Waals surface area contributed by atoms with Crippen molar-refractivity contribution in [1.29, 1.82) is 0 Å². The summed E-state index contributed by atoms with van der Waals surface area (Å²) in [5.41, 5.74) is 0.825.